The maximum absolute atomic E-state index is 12.3. The zero-order valence-corrected chi connectivity index (χ0v) is 9.63. The number of alkyl halides is 2. The number of carbonyl (C=O) groups excluding carboxylic acids is 1. The van der Waals surface area contributed by atoms with Gasteiger partial charge in [0.15, 0.2) is 0 Å². The molecule has 86 valence electrons. The number of aromatic nitrogens is 1. The minimum atomic E-state index is -3.03. The summed E-state index contributed by atoms with van der Waals surface area (Å²) in [6.07, 6.45) is -3.03. The second-order valence-electron chi connectivity index (χ2n) is 2.56. The average molecular weight is 315 g/mol. The molecule has 9 heteroatoms. The summed E-state index contributed by atoms with van der Waals surface area (Å²) in [4.78, 5) is 23.7. The summed E-state index contributed by atoms with van der Waals surface area (Å²) >= 11 is 7.77. The van der Waals surface area contributed by atoms with Crippen molar-refractivity contribution in [1.82, 2.24) is 4.98 Å². The van der Waals surface area contributed by atoms with Gasteiger partial charge in [0.25, 0.3) is 17.4 Å². The lowest BCUT2D eigenvalue weighted by Gasteiger charge is -2.03. The van der Waals surface area contributed by atoms with Gasteiger partial charge in [-0.15, -0.1) is 0 Å². The zero-order chi connectivity index (χ0) is 12.5. The number of carbonyl (C=O) groups is 1. The molecule has 0 spiro atoms. The first-order chi connectivity index (χ1) is 7.34. The predicted octanol–water partition coefficient (Wildman–Crippen LogP) is 3.07. The van der Waals surface area contributed by atoms with Crippen molar-refractivity contribution in [3.8, 4) is 0 Å². The molecule has 1 aromatic heterocycles. The molecular formula is C7H2BrClF2N2O3. The fourth-order valence-electron chi connectivity index (χ4n) is 0.910. The lowest BCUT2D eigenvalue weighted by Crippen LogP contribution is -2.04. The molecule has 0 amide bonds. The Kier molecular flexibility index (Phi) is 3.87. The van der Waals surface area contributed by atoms with E-state index in [1.54, 1.807) is 0 Å². The topological polar surface area (TPSA) is 73.1 Å². The third-order valence-corrected chi connectivity index (χ3v) is 2.53. The van der Waals surface area contributed by atoms with Crippen molar-refractivity contribution < 1.29 is 18.5 Å². The van der Waals surface area contributed by atoms with Crippen LogP contribution in [-0.2, 0) is 0 Å². The number of hydrogen-bond acceptors (Lipinski definition) is 4. The van der Waals surface area contributed by atoms with E-state index < -0.39 is 33.7 Å². The fraction of sp³-hybridized carbons (Fsp3) is 0.143. The standard InChI is InChI=1S/C7H2BrClF2N2O3/c8-4-3(13(15)16)1-2(7(10)11)12-5(4)6(9)14/h1,7H. The Labute approximate surface area is 101 Å². The maximum atomic E-state index is 12.3. The van der Waals surface area contributed by atoms with Crippen molar-refractivity contribution in [2.75, 3.05) is 0 Å². The highest BCUT2D eigenvalue weighted by atomic mass is 79.9. The molecular weight excluding hydrogens is 313 g/mol. The minimum absolute atomic E-state index is 0.318. The van der Waals surface area contributed by atoms with E-state index in [9.17, 15) is 23.7 Å². The van der Waals surface area contributed by atoms with E-state index in [-0.39, 0.29) is 4.47 Å². The molecule has 0 aliphatic heterocycles. The van der Waals surface area contributed by atoms with Gasteiger partial charge in [-0.05, 0) is 27.5 Å². The lowest BCUT2D eigenvalue weighted by atomic mass is 10.2. The minimum Gasteiger partial charge on any atom is -0.274 e. The van der Waals surface area contributed by atoms with E-state index >= 15 is 0 Å². The molecule has 16 heavy (non-hydrogen) atoms. The van der Waals surface area contributed by atoms with Crippen molar-refractivity contribution in [2.24, 2.45) is 0 Å². The van der Waals surface area contributed by atoms with Gasteiger partial charge in [0.05, 0.1) is 4.92 Å². The summed E-state index contributed by atoms with van der Waals surface area (Å²) in [6.45, 7) is 0. The third-order valence-electron chi connectivity index (χ3n) is 1.56. The Hall–Kier alpha value is -1.15. The first-order valence-electron chi connectivity index (χ1n) is 3.67. The van der Waals surface area contributed by atoms with E-state index in [1.165, 1.54) is 0 Å². The molecule has 0 fully saturated rings. The van der Waals surface area contributed by atoms with Crippen molar-refractivity contribution >= 4 is 38.5 Å². The average Bonchev–Trinajstić information content (AvgIpc) is 2.16. The van der Waals surface area contributed by atoms with Crippen LogP contribution in [0.5, 0.6) is 0 Å². The number of hydrogen-bond donors (Lipinski definition) is 0. The molecule has 0 radical (unpaired) electrons. The highest BCUT2D eigenvalue weighted by Crippen LogP contribution is 2.32. The van der Waals surface area contributed by atoms with Crippen LogP contribution in [0.3, 0.4) is 0 Å². The van der Waals surface area contributed by atoms with Gasteiger partial charge in [0.2, 0.25) is 0 Å². The Bertz CT molecular complexity index is 434. The van der Waals surface area contributed by atoms with Crippen molar-refractivity contribution in [3.63, 3.8) is 0 Å². The summed E-state index contributed by atoms with van der Waals surface area (Å²) < 4.78 is 24.3. The van der Waals surface area contributed by atoms with Gasteiger partial charge >= 0.3 is 0 Å². The van der Waals surface area contributed by atoms with Gasteiger partial charge in [0, 0.05) is 6.07 Å². The SMILES string of the molecule is O=C(Cl)c1nc(C(F)F)cc([N+](=O)[O-])c1Br. The third kappa shape index (κ3) is 2.50. The van der Waals surface area contributed by atoms with E-state index in [1.807, 2.05) is 0 Å². The van der Waals surface area contributed by atoms with Crippen LogP contribution in [0, 0.1) is 10.1 Å². The van der Waals surface area contributed by atoms with Gasteiger partial charge in [-0.3, -0.25) is 14.9 Å². The molecule has 0 aliphatic carbocycles. The number of pyridine rings is 1. The lowest BCUT2D eigenvalue weighted by molar-refractivity contribution is -0.385. The van der Waals surface area contributed by atoms with Gasteiger partial charge in [-0.1, -0.05) is 0 Å². The molecule has 0 bridgehead atoms. The van der Waals surface area contributed by atoms with Crippen molar-refractivity contribution in [3.05, 3.63) is 32.0 Å². The van der Waals surface area contributed by atoms with Crippen LogP contribution in [0.1, 0.15) is 22.6 Å². The van der Waals surface area contributed by atoms with Crippen LogP contribution in [0.15, 0.2) is 10.5 Å². The quantitative estimate of drug-likeness (QED) is 0.488. The van der Waals surface area contributed by atoms with Gasteiger partial charge in [-0.25, -0.2) is 13.8 Å². The monoisotopic (exact) mass is 314 g/mol. The Balaban J connectivity index is 3.51. The van der Waals surface area contributed by atoms with Crippen molar-refractivity contribution in [2.45, 2.75) is 6.43 Å². The Morgan fingerprint density at radius 1 is 1.62 bits per heavy atom. The van der Waals surface area contributed by atoms with Gasteiger partial charge in [0.1, 0.15) is 15.9 Å². The fourth-order valence-corrected chi connectivity index (χ4v) is 1.69. The van der Waals surface area contributed by atoms with Crippen LogP contribution in [0.4, 0.5) is 14.5 Å². The van der Waals surface area contributed by atoms with E-state index in [2.05, 4.69) is 20.9 Å². The Morgan fingerprint density at radius 2 is 2.19 bits per heavy atom. The Morgan fingerprint density at radius 3 is 2.56 bits per heavy atom. The first-order valence-corrected chi connectivity index (χ1v) is 4.84. The molecule has 0 atom stereocenters. The summed E-state index contributed by atoms with van der Waals surface area (Å²) in [6, 6.07) is 0.581. The second kappa shape index (κ2) is 4.79. The highest BCUT2D eigenvalue weighted by molar-refractivity contribution is 9.10. The summed E-state index contributed by atoms with van der Waals surface area (Å²) in [5.74, 6) is 0. The molecule has 0 saturated carbocycles. The molecule has 1 rings (SSSR count). The maximum Gasteiger partial charge on any atom is 0.287 e. The molecule has 0 N–H and O–H groups in total. The molecule has 0 unspecified atom stereocenters. The molecule has 0 aromatic carbocycles. The van der Waals surface area contributed by atoms with Crippen molar-refractivity contribution in [1.29, 1.82) is 0 Å². The molecule has 0 saturated heterocycles. The molecule has 0 aliphatic rings. The zero-order valence-electron chi connectivity index (χ0n) is 7.29. The molecule has 1 heterocycles. The predicted molar refractivity (Wildman–Crippen MR) is 53.7 cm³/mol. The highest BCUT2D eigenvalue weighted by Gasteiger charge is 2.25. The number of halogens is 4. The van der Waals surface area contributed by atoms with Crippen LogP contribution in [0.25, 0.3) is 0 Å². The van der Waals surface area contributed by atoms with Gasteiger partial charge < -0.3 is 0 Å². The summed E-state index contributed by atoms with van der Waals surface area (Å²) in [5, 5.41) is 9.36. The molecule has 1 aromatic rings. The van der Waals surface area contributed by atoms with Crippen LogP contribution < -0.4 is 0 Å². The van der Waals surface area contributed by atoms with E-state index in [0.717, 1.165) is 0 Å². The van der Waals surface area contributed by atoms with Gasteiger partial charge in [-0.2, -0.15) is 0 Å². The van der Waals surface area contributed by atoms with E-state index in [0.29, 0.717) is 6.07 Å². The number of rotatable bonds is 3. The summed E-state index contributed by atoms with van der Waals surface area (Å²) in [7, 11) is 0. The van der Waals surface area contributed by atoms with Crippen LogP contribution in [0.2, 0.25) is 0 Å². The van der Waals surface area contributed by atoms with Crippen LogP contribution >= 0.6 is 27.5 Å². The number of nitro groups is 1. The second-order valence-corrected chi connectivity index (χ2v) is 3.70. The number of nitrogens with zero attached hydrogens (tertiary/aromatic N) is 2. The van der Waals surface area contributed by atoms with Crippen LogP contribution in [-0.4, -0.2) is 15.1 Å². The smallest absolute Gasteiger partial charge is 0.274 e. The largest absolute Gasteiger partial charge is 0.287 e. The summed E-state index contributed by atoms with van der Waals surface area (Å²) in [5.41, 5.74) is -2.17. The van der Waals surface area contributed by atoms with E-state index in [4.69, 9.17) is 11.6 Å². The first kappa shape index (κ1) is 12.9. The molecule has 5 nitrogen and oxygen atoms in total. The normalized spacial score (nSPS) is 10.6.